The SMILES string of the molecule is CCCOC(=O)/C(C=O)=N/NC(=O)NC. The van der Waals surface area contributed by atoms with Gasteiger partial charge >= 0.3 is 12.0 Å². The van der Waals surface area contributed by atoms with E-state index in [9.17, 15) is 14.4 Å². The van der Waals surface area contributed by atoms with Crippen LogP contribution in [0.2, 0.25) is 0 Å². The van der Waals surface area contributed by atoms with Crippen LogP contribution in [0.1, 0.15) is 13.3 Å². The minimum Gasteiger partial charge on any atom is -0.461 e. The highest BCUT2D eigenvalue weighted by Gasteiger charge is 2.12. The van der Waals surface area contributed by atoms with E-state index in [1.807, 2.05) is 12.3 Å². The second-order valence-corrected chi connectivity index (χ2v) is 2.44. The number of hydrazone groups is 1. The normalized spacial score (nSPS) is 10.4. The Morgan fingerprint density at radius 1 is 1.47 bits per heavy atom. The third kappa shape index (κ3) is 5.40. The van der Waals surface area contributed by atoms with Gasteiger partial charge in [0.15, 0.2) is 6.29 Å². The molecular formula is C8H13N3O4. The van der Waals surface area contributed by atoms with E-state index in [0.717, 1.165) is 0 Å². The molecule has 0 fully saturated rings. The van der Waals surface area contributed by atoms with Gasteiger partial charge in [0.25, 0.3) is 0 Å². The van der Waals surface area contributed by atoms with Crippen LogP contribution in [0.15, 0.2) is 5.10 Å². The maximum atomic E-state index is 11.1. The first-order valence-electron chi connectivity index (χ1n) is 4.33. The number of ether oxygens (including phenoxy) is 1. The summed E-state index contributed by atoms with van der Waals surface area (Å²) in [4.78, 5) is 32.2. The lowest BCUT2D eigenvalue weighted by Crippen LogP contribution is -2.31. The van der Waals surface area contributed by atoms with Crippen molar-refractivity contribution in [2.45, 2.75) is 13.3 Å². The standard InChI is InChI=1S/C8H13N3O4/c1-3-4-15-7(13)6(5-12)10-11-8(14)9-2/h5H,3-4H2,1-2H3,(H2,9,11,14)/b10-6+. The zero-order valence-electron chi connectivity index (χ0n) is 8.57. The van der Waals surface area contributed by atoms with Crippen molar-refractivity contribution in [3.63, 3.8) is 0 Å². The molecule has 0 radical (unpaired) electrons. The number of nitrogens with one attached hydrogen (secondary N) is 2. The number of esters is 1. The molecule has 2 N–H and O–H groups in total. The summed E-state index contributed by atoms with van der Waals surface area (Å²) in [5.41, 5.74) is 1.47. The van der Waals surface area contributed by atoms with Gasteiger partial charge in [-0.05, 0) is 6.42 Å². The second kappa shape index (κ2) is 7.48. The highest BCUT2D eigenvalue weighted by atomic mass is 16.5. The van der Waals surface area contributed by atoms with E-state index in [-0.39, 0.29) is 12.9 Å². The topological polar surface area (TPSA) is 96.9 Å². The van der Waals surface area contributed by atoms with E-state index >= 15 is 0 Å². The van der Waals surface area contributed by atoms with E-state index in [4.69, 9.17) is 0 Å². The lowest BCUT2D eigenvalue weighted by molar-refractivity contribution is -0.135. The first kappa shape index (κ1) is 13.1. The van der Waals surface area contributed by atoms with Crippen molar-refractivity contribution >= 4 is 24.0 Å². The lowest BCUT2D eigenvalue weighted by atomic mass is 10.4. The van der Waals surface area contributed by atoms with E-state index in [2.05, 4.69) is 15.2 Å². The van der Waals surface area contributed by atoms with Gasteiger partial charge in [-0.25, -0.2) is 15.0 Å². The van der Waals surface area contributed by atoms with E-state index in [1.54, 1.807) is 0 Å². The van der Waals surface area contributed by atoms with Gasteiger partial charge in [0.2, 0.25) is 5.71 Å². The fourth-order valence-corrected chi connectivity index (χ4v) is 0.556. The summed E-state index contributed by atoms with van der Waals surface area (Å²) >= 11 is 0. The van der Waals surface area contributed by atoms with Crippen LogP contribution >= 0.6 is 0 Å². The van der Waals surface area contributed by atoms with Crippen molar-refractivity contribution in [2.24, 2.45) is 5.10 Å². The Labute approximate surface area is 86.9 Å². The molecule has 0 aliphatic heterocycles. The molecule has 0 rings (SSSR count). The first-order valence-corrected chi connectivity index (χ1v) is 4.33. The first-order chi connectivity index (χ1) is 7.15. The highest BCUT2D eigenvalue weighted by Crippen LogP contribution is 1.85. The van der Waals surface area contributed by atoms with Gasteiger partial charge in [0.1, 0.15) is 0 Å². The maximum absolute atomic E-state index is 11.1. The number of aldehydes is 1. The van der Waals surface area contributed by atoms with Crippen LogP contribution in [-0.4, -0.2) is 37.7 Å². The Balaban J connectivity index is 4.27. The van der Waals surface area contributed by atoms with E-state index in [0.29, 0.717) is 6.42 Å². The zero-order valence-corrected chi connectivity index (χ0v) is 8.57. The highest BCUT2D eigenvalue weighted by molar-refractivity contribution is 6.58. The monoisotopic (exact) mass is 215 g/mol. The van der Waals surface area contributed by atoms with Crippen LogP contribution in [-0.2, 0) is 14.3 Å². The molecule has 0 saturated carbocycles. The smallest absolute Gasteiger partial charge is 0.362 e. The van der Waals surface area contributed by atoms with Gasteiger partial charge in [0, 0.05) is 7.05 Å². The van der Waals surface area contributed by atoms with Crippen LogP contribution in [0.4, 0.5) is 4.79 Å². The number of carbonyl (C=O) groups is 3. The van der Waals surface area contributed by atoms with Crippen molar-refractivity contribution in [1.29, 1.82) is 0 Å². The summed E-state index contributed by atoms with van der Waals surface area (Å²) in [6.07, 6.45) is 0.856. The van der Waals surface area contributed by atoms with Crippen LogP contribution in [0.5, 0.6) is 0 Å². The van der Waals surface area contributed by atoms with Crippen LogP contribution in [0.3, 0.4) is 0 Å². The molecule has 0 atom stereocenters. The molecule has 0 aromatic carbocycles. The molecule has 0 aromatic heterocycles. The summed E-state index contributed by atoms with van der Waals surface area (Å²) in [7, 11) is 1.38. The molecule has 0 spiro atoms. The van der Waals surface area contributed by atoms with Crippen molar-refractivity contribution in [3.8, 4) is 0 Å². The third-order valence-corrected chi connectivity index (χ3v) is 1.26. The molecule has 0 unspecified atom stereocenters. The van der Waals surface area contributed by atoms with Crippen LogP contribution in [0, 0.1) is 0 Å². The van der Waals surface area contributed by atoms with Crippen molar-refractivity contribution < 1.29 is 19.1 Å². The summed E-state index contributed by atoms with van der Waals surface area (Å²) < 4.78 is 4.64. The summed E-state index contributed by atoms with van der Waals surface area (Å²) in [5.74, 6) is -0.858. The maximum Gasteiger partial charge on any atom is 0.362 e. The second-order valence-electron chi connectivity index (χ2n) is 2.44. The van der Waals surface area contributed by atoms with E-state index < -0.39 is 17.7 Å². The molecule has 0 saturated heterocycles. The molecule has 2 amide bonds. The number of rotatable bonds is 5. The number of carbonyl (C=O) groups excluding carboxylic acids is 3. The van der Waals surface area contributed by atoms with Gasteiger partial charge in [-0.2, -0.15) is 5.10 Å². The molecule has 0 heterocycles. The number of hydrogen-bond acceptors (Lipinski definition) is 5. The Morgan fingerprint density at radius 2 is 2.13 bits per heavy atom. The molecule has 0 aromatic rings. The van der Waals surface area contributed by atoms with Gasteiger partial charge < -0.3 is 10.1 Å². The minimum absolute atomic E-state index is 0.200. The summed E-state index contributed by atoms with van der Waals surface area (Å²) in [5, 5.41) is 5.48. The number of hydrogen-bond donors (Lipinski definition) is 2. The zero-order chi connectivity index (χ0) is 11.7. The number of nitrogens with zero attached hydrogens (tertiary/aromatic N) is 1. The third-order valence-electron chi connectivity index (χ3n) is 1.26. The summed E-state index contributed by atoms with van der Waals surface area (Å²) in [6.45, 7) is 2.01. The van der Waals surface area contributed by atoms with Gasteiger partial charge in [-0.3, -0.25) is 4.79 Å². The molecule has 0 aliphatic carbocycles. The Bertz CT molecular complexity index is 275. The fraction of sp³-hybridized carbons (Fsp3) is 0.500. The number of urea groups is 1. The molecule has 84 valence electrons. The largest absolute Gasteiger partial charge is 0.461 e. The van der Waals surface area contributed by atoms with Crippen LogP contribution in [0.25, 0.3) is 0 Å². The van der Waals surface area contributed by atoms with Crippen molar-refractivity contribution in [2.75, 3.05) is 13.7 Å². The molecule has 7 heteroatoms. The molecule has 7 nitrogen and oxygen atoms in total. The Hall–Kier alpha value is -1.92. The van der Waals surface area contributed by atoms with E-state index in [1.165, 1.54) is 7.05 Å². The Kier molecular flexibility index (Phi) is 6.52. The van der Waals surface area contributed by atoms with Crippen molar-refractivity contribution in [1.82, 2.24) is 10.7 Å². The van der Waals surface area contributed by atoms with Gasteiger partial charge in [-0.1, -0.05) is 6.92 Å². The van der Waals surface area contributed by atoms with Gasteiger partial charge in [-0.15, -0.1) is 0 Å². The Morgan fingerprint density at radius 3 is 2.60 bits per heavy atom. The quantitative estimate of drug-likeness (QED) is 0.211. The predicted octanol–water partition coefficient (Wildman–Crippen LogP) is -0.576. The van der Waals surface area contributed by atoms with Crippen molar-refractivity contribution in [3.05, 3.63) is 0 Å². The van der Waals surface area contributed by atoms with Gasteiger partial charge in [0.05, 0.1) is 6.61 Å². The summed E-state index contributed by atoms with van der Waals surface area (Å²) in [6, 6.07) is -0.627. The fourth-order valence-electron chi connectivity index (χ4n) is 0.556. The molecule has 0 aliphatic rings. The average Bonchev–Trinajstić information content (AvgIpc) is 2.26. The molecule has 15 heavy (non-hydrogen) atoms. The predicted molar refractivity (Wildman–Crippen MR) is 52.3 cm³/mol. The van der Waals surface area contributed by atoms with Crippen LogP contribution < -0.4 is 10.7 Å². The minimum atomic E-state index is -0.858. The lowest BCUT2D eigenvalue weighted by Gasteiger charge is -2.01. The number of amides is 2. The molecule has 0 bridgehead atoms. The average molecular weight is 215 g/mol. The molecular weight excluding hydrogens is 202 g/mol.